The van der Waals surface area contributed by atoms with Gasteiger partial charge in [0, 0.05) is 0 Å². The number of hydrogen-bond donors (Lipinski definition) is 0. The topological polar surface area (TPSA) is 72.5 Å². The van der Waals surface area contributed by atoms with E-state index in [1.54, 1.807) is 18.3 Å². The van der Waals surface area contributed by atoms with E-state index < -0.39 is 0 Å². The lowest BCUT2D eigenvalue weighted by Gasteiger charge is -1.89. The summed E-state index contributed by atoms with van der Waals surface area (Å²) in [6.07, 6.45) is 2.98. The Hall–Kier alpha value is -2.07. The third kappa shape index (κ3) is 0.959. The van der Waals surface area contributed by atoms with Crippen LogP contribution >= 0.6 is 0 Å². The maximum Gasteiger partial charge on any atom is 0.240 e. The summed E-state index contributed by atoms with van der Waals surface area (Å²) in [5, 5.41) is 10.7. The number of isocyanates is 1. The van der Waals surface area contributed by atoms with Gasteiger partial charge in [-0.2, -0.15) is 9.51 Å². The SMILES string of the molecule is O=C=Nc1ccc2nnnn2c1. The molecule has 12 heavy (non-hydrogen) atoms. The molecule has 6 heteroatoms. The van der Waals surface area contributed by atoms with Gasteiger partial charge in [-0.05, 0) is 22.6 Å². The summed E-state index contributed by atoms with van der Waals surface area (Å²) < 4.78 is 1.43. The predicted molar refractivity (Wildman–Crippen MR) is 38.6 cm³/mol. The van der Waals surface area contributed by atoms with E-state index in [1.165, 1.54) is 10.6 Å². The zero-order valence-electron chi connectivity index (χ0n) is 5.88. The van der Waals surface area contributed by atoms with Crippen LogP contribution in [0.15, 0.2) is 23.3 Å². The van der Waals surface area contributed by atoms with E-state index in [9.17, 15) is 4.79 Å². The number of fused-ring (bicyclic) bond motifs is 1. The van der Waals surface area contributed by atoms with Gasteiger partial charge in [0.15, 0.2) is 5.65 Å². The van der Waals surface area contributed by atoms with Crippen molar-refractivity contribution in [2.24, 2.45) is 4.99 Å². The summed E-state index contributed by atoms with van der Waals surface area (Å²) >= 11 is 0. The fourth-order valence-corrected chi connectivity index (χ4v) is 0.849. The molecule has 0 aromatic carbocycles. The van der Waals surface area contributed by atoms with Gasteiger partial charge in [0.25, 0.3) is 0 Å². The van der Waals surface area contributed by atoms with Gasteiger partial charge in [-0.25, -0.2) is 4.79 Å². The maximum atomic E-state index is 9.90. The van der Waals surface area contributed by atoms with E-state index in [1.807, 2.05) is 0 Å². The molecule has 0 atom stereocenters. The largest absolute Gasteiger partial charge is 0.240 e. The van der Waals surface area contributed by atoms with E-state index in [0.29, 0.717) is 11.3 Å². The Bertz CT molecular complexity index is 456. The van der Waals surface area contributed by atoms with Crippen molar-refractivity contribution in [1.29, 1.82) is 0 Å². The van der Waals surface area contributed by atoms with E-state index in [-0.39, 0.29) is 0 Å². The molecule has 2 aromatic heterocycles. The Morgan fingerprint density at radius 1 is 1.50 bits per heavy atom. The summed E-state index contributed by atoms with van der Waals surface area (Å²) in [5.41, 5.74) is 1.09. The van der Waals surface area contributed by atoms with Gasteiger partial charge >= 0.3 is 0 Å². The van der Waals surface area contributed by atoms with Crippen molar-refractivity contribution in [3.63, 3.8) is 0 Å². The van der Waals surface area contributed by atoms with Crippen molar-refractivity contribution in [3.05, 3.63) is 18.3 Å². The third-order valence-corrected chi connectivity index (χ3v) is 1.35. The van der Waals surface area contributed by atoms with E-state index in [0.717, 1.165) is 0 Å². The summed E-state index contributed by atoms with van der Waals surface area (Å²) in [6, 6.07) is 3.30. The highest BCUT2D eigenvalue weighted by Crippen LogP contribution is 2.09. The second kappa shape index (κ2) is 2.52. The minimum atomic E-state index is 0.477. The Morgan fingerprint density at radius 2 is 2.42 bits per heavy atom. The second-order valence-corrected chi connectivity index (χ2v) is 2.07. The summed E-state index contributed by atoms with van der Waals surface area (Å²) in [4.78, 5) is 13.3. The van der Waals surface area contributed by atoms with Crippen molar-refractivity contribution >= 4 is 17.4 Å². The van der Waals surface area contributed by atoms with Gasteiger partial charge in [-0.1, -0.05) is 0 Å². The molecule has 0 fully saturated rings. The minimum Gasteiger partial charge on any atom is -0.211 e. The molecule has 0 amide bonds. The van der Waals surface area contributed by atoms with Crippen LogP contribution in [0.4, 0.5) is 5.69 Å². The van der Waals surface area contributed by atoms with Gasteiger partial charge in [0.05, 0.1) is 11.9 Å². The number of tetrazole rings is 1. The molecule has 0 saturated carbocycles. The Balaban J connectivity index is 2.67. The van der Waals surface area contributed by atoms with Crippen LogP contribution < -0.4 is 0 Å². The van der Waals surface area contributed by atoms with E-state index in [2.05, 4.69) is 20.5 Å². The quantitative estimate of drug-likeness (QED) is 0.439. The summed E-state index contributed by atoms with van der Waals surface area (Å²) in [5.74, 6) is 0. The number of pyridine rings is 1. The van der Waals surface area contributed by atoms with Crippen molar-refractivity contribution < 1.29 is 4.79 Å². The number of rotatable bonds is 1. The first-order valence-corrected chi connectivity index (χ1v) is 3.16. The number of hydrogen-bond acceptors (Lipinski definition) is 5. The molecule has 58 valence electrons. The van der Waals surface area contributed by atoms with Crippen molar-refractivity contribution in [2.45, 2.75) is 0 Å². The third-order valence-electron chi connectivity index (χ3n) is 1.35. The van der Waals surface area contributed by atoms with Crippen LogP contribution in [0.25, 0.3) is 5.65 Å². The molecule has 2 aromatic rings. The van der Waals surface area contributed by atoms with Gasteiger partial charge in [-0.15, -0.1) is 5.10 Å². The van der Waals surface area contributed by atoms with Gasteiger partial charge in [-0.3, -0.25) is 0 Å². The highest BCUT2D eigenvalue weighted by molar-refractivity contribution is 5.50. The standard InChI is InChI=1S/C6H3N5O/c12-4-7-5-1-2-6-8-9-10-11(6)3-5/h1-3H. The molecular weight excluding hydrogens is 158 g/mol. The first-order chi connectivity index (χ1) is 5.90. The molecule has 0 N–H and O–H groups in total. The fraction of sp³-hybridized carbons (Fsp3) is 0. The van der Waals surface area contributed by atoms with Crippen LogP contribution in [0.2, 0.25) is 0 Å². The smallest absolute Gasteiger partial charge is 0.211 e. The molecule has 0 aliphatic heterocycles. The van der Waals surface area contributed by atoms with Crippen LogP contribution in [-0.4, -0.2) is 26.1 Å². The average Bonchev–Trinajstić information content (AvgIpc) is 2.51. The van der Waals surface area contributed by atoms with Crippen molar-refractivity contribution in [1.82, 2.24) is 20.0 Å². The molecule has 0 bridgehead atoms. The number of aromatic nitrogens is 4. The van der Waals surface area contributed by atoms with Gasteiger partial charge in [0.1, 0.15) is 0 Å². The average molecular weight is 161 g/mol. The zero-order valence-corrected chi connectivity index (χ0v) is 5.88. The van der Waals surface area contributed by atoms with Crippen molar-refractivity contribution in [2.75, 3.05) is 0 Å². The zero-order chi connectivity index (χ0) is 8.39. The molecular formula is C6H3N5O. The highest BCUT2D eigenvalue weighted by Gasteiger charge is 1.95. The lowest BCUT2D eigenvalue weighted by atomic mass is 10.4. The molecule has 0 radical (unpaired) electrons. The Morgan fingerprint density at radius 3 is 3.25 bits per heavy atom. The number of carbonyl (C=O) groups excluding carboxylic acids is 1. The Kier molecular flexibility index (Phi) is 1.39. The molecule has 0 spiro atoms. The first-order valence-electron chi connectivity index (χ1n) is 3.16. The highest BCUT2D eigenvalue weighted by atomic mass is 16.1. The molecule has 0 saturated heterocycles. The van der Waals surface area contributed by atoms with Crippen LogP contribution in [-0.2, 0) is 4.79 Å². The minimum absolute atomic E-state index is 0.477. The van der Waals surface area contributed by atoms with Crippen LogP contribution in [0, 0.1) is 0 Å². The first kappa shape index (κ1) is 6.63. The number of aliphatic imine (C=N–C) groups is 1. The second-order valence-electron chi connectivity index (χ2n) is 2.07. The fourth-order valence-electron chi connectivity index (χ4n) is 0.849. The van der Waals surface area contributed by atoms with Crippen LogP contribution in [0.3, 0.4) is 0 Å². The van der Waals surface area contributed by atoms with Crippen LogP contribution in [0.5, 0.6) is 0 Å². The Labute approximate surface area is 66.5 Å². The van der Waals surface area contributed by atoms with Crippen molar-refractivity contribution in [3.8, 4) is 0 Å². The lowest BCUT2D eigenvalue weighted by molar-refractivity contribution is 0.565. The van der Waals surface area contributed by atoms with Gasteiger partial charge in [0.2, 0.25) is 6.08 Å². The normalized spacial score (nSPS) is 9.67. The molecule has 2 heterocycles. The predicted octanol–water partition coefficient (Wildman–Crippen LogP) is 0.0916. The molecule has 6 nitrogen and oxygen atoms in total. The molecule has 0 aliphatic rings. The van der Waals surface area contributed by atoms with E-state index >= 15 is 0 Å². The lowest BCUT2D eigenvalue weighted by Crippen LogP contribution is -1.84. The van der Waals surface area contributed by atoms with E-state index in [4.69, 9.17) is 0 Å². The molecule has 0 unspecified atom stereocenters. The molecule has 2 rings (SSSR count). The summed E-state index contributed by atoms with van der Waals surface area (Å²) in [7, 11) is 0. The van der Waals surface area contributed by atoms with Gasteiger partial charge < -0.3 is 0 Å². The monoisotopic (exact) mass is 161 g/mol. The molecule has 0 aliphatic carbocycles. The maximum absolute atomic E-state index is 9.90. The van der Waals surface area contributed by atoms with Crippen LogP contribution in [0.1, 0.15) is 0 Å². The number of nitrogens with zero attached hydrogens (tertiary/aromatic N) is 5. The summed E-state index contributed by atoms with van der Waals surface area (Å²) in [6.45, 7) is 0.